The first-order valence-corrected chi connectivity index (χ1v) is 10.5. The number of halogens is 1. The van der Waals surface area contributed by atoms with Gasteiger partial charge in [-0.15, -0.1) is 0 Å². The molecule has 0 spiro atoms. The van der Waals surface area contributed by atoms with E-state index in [1.807, 2.05) is 13.0 Å². The van der Waals surface area contributed by atoms with Gasteiger partial charge >= 0.3 is 0 Å². The summed E-state index contributed by atoms with van der Waals surface area (Å²) in [6.45, 7) is 4.83. The highest BCUT2D eigenvalue weighted by molar-refractivity contribution is 7.89. The molecule has 1 fully saturated rings. The summed E-state index contributed by atoms with van der Waals surface area (Å²) in [5.74, 6) is -0.576. The molecule has 1 amide bonds. The molecular weight excluding hydrogens is 379 g/mol. The molecule has 1 heterocycles. The molecule has 2 aromatic rings. The Bertz CT molecular complexity index is 1010. The first-order chi connectivity index (χ1) is 13.3. The van der Waals surface area contributed by atoms with Gasteiger partial charge in [-0.3, -0.25) is 4.79 Å². The topological polar surface area (TPSA) is 57.7 Å². The molecule has 1 aliphatic heterocycles. The van der Waals surface area contributed by atoms with E-state index in [-0.39, 0.29) is 24.8 Å². The van der Waals surface area contributed by atoms with Gasteiger partial charge in [-0.1, -0.05) is 29.8 Å². The van der Waals surface area contributed by atoms with Gasteiger partial charge in [0.15, 0.2) is 0 Å². The molecule has 0 radical (unpaired) electrons. The monoisotopic (exact) mass is 402 g/mol. The summed E-state index contributed by atoms with van der Waals surface area (Å²) >= 11 is 0. The highest BCUT2D eigenvalue weighted by Gasteiger charge is 2.30. The van der Waals surface area contributed by atoms with E-state index in [2.05, 4.69) is 0 Å². The fourth-order valence-electron chi connectivity index (χ4n) is 3.26. The van der Waals surface area contributed by atoms with Crippen molar-refractivity contribution in [3.05, 3.63) is 71.0 Å². The van der Waals surface area contributed by atoms with Crippen LogP contribution in [-0.4, -0.2) is 49.7 Å². The number of rotatable bonds is 4. The molecule has 0 saturated carbocycles. The van der Waals surface area contributed by atoms with Crippen molar-refractivity contribution in [1.82, 2.24) is 9.21 Å². The molecule has 0 bridgehead atoms. The summed E-state index contributed by atoms with van der Waals surface area (Å²) in [7, 11) is -3.58. The SMILES string of the molecule is Cc1ccc(S(=O)(=O)N2CCN(C(=O)/C=C/c3cccc(F)c3)CC2)c(C)c1. The second-order valence-electron chi connectivity index (χ2n) is 6.89. The Hall–Kier alpha value is -2.51. The standard InChI is InChI=1S/C21H23FN2O3S/c1-16-6-8-20(17(2)14-16)28(26,27)24-12-10-23(11-13-24)21(25)9-7-18-4-3-5-19(22)15-18/h3-9,14-15H,10-13H2,1-2H3/b9-7+. The third-order valence-corrected chi connectivity index (χ3v) is 6.82. The van der Waals surface area contributed by atoms with Crippen molar-refractivity contribution in [2.45, 2.75) is 18.7 Å². The number of nitrogens with zero attached hydrogens (tertiary/aromatic N) is 2. The van der Waals surface area contributed by atoms with Gasteiger partial charge in [0.2, 0.25) is 15.9 Å². The van der Waals surface area contributed by atoms with Crippen LogP contribution in [0.1, 0.15) is 16.7 Å². The average molecular weight is 402 g/mol. The molecule has 0 N–H and O–H groups in total. The quantitative estimate of drug-likeness (QED) is 0.739. The number of hydrogen-bond acceptors (Lipinski definition) is 3. The summed E-state index contributed by atoms with van der Waals surface area (Å²) in [4.78, 5) is 14.3. The number of carbonyl (C=O) groups excluding carboxylic acids is 1. The Morgan fingerprint density at radius 3 is 2.39 bits per heavy atom. The molecule has 1 saturated heterocycles. The molecule has 148 valence electrons. The fraction of sp³-hybridized carbons (Fsp3) is 0.286. The van der Waals surface area contributed by atoms with E-state index in [1.54, 1.807) is 42.2 Å². The van der Waals surface area contributed by atoms with Crippen LogP contribution in [0.4, 0.5) is 4.39 Å². The molecule has 3 rings (SSSR count). The summed E-state index contributed by atoms with van der Waals surface area (Å²) < 4.78 is 40.4. The van der Waals surface area contributed by atoms with Crippen molar-refractivity contribution < 1.29 is 17.6 Å². The maximum atomic E-state index is 13.2. The van der Waals surface area contributed by atoms with E-state index in [1.165, 1.54) is 22.5 Å². The summed E-state index contributed by atoms with van der Waals surface area (Å²) in [6, 6.07) is 11.3. The molecule has 28 heavy (non-hydrogen) atoms. The minimum atomic E-state index is -3.58. The van der Waals surface area contributed by atoms with Crippen LogP contribution in [0.25, 0.3) is 6.08 Å². The van der Waals surface area contributed by atoms with Crippen LogP contribution in [-0.2, 0) is 14.8 Å². The molecule has 2 aromatic carbocycles. The lowest BCUT2D eigenvalue weighted by atomic mass is 10.2. The molecule has 0 aliphatic carbocycles. The lowest BCUT2D eigenvalue weighted by Crippen LogP contribution is -2.50. The van der Waals surface area contributed by atoms with Crippen LogP contribution in [0.5, 0.6) is 0 Å². The maximum absolute atomic E-state index is 13.2. The van der Waals surface area contributed by atoms with Gasteiger partial charge in [0.05, 0.1) is 4.90 Å². The summed E-state index contributed by atoms with van der Waals surface area (Å²) in [6.07, 6.45) is 2.95. The van der Waals surface area contributed by atoms with E-state index in [0.29, 0.717) is 23.5 Å². The van der Waals surface area contributed by atoms with E-state index >= 15 is 0 Å². The maximum Gasteiger partial charge on any atom is 0.246 e. The predicted octanol–water partition coefficient (Wildman–Crippen LogP) is 2.99. The third-order valence-electron chi connectivity index (χ3n) is 4.77. The number of amides is 1. The van der Waals surface area contributed by atoms with E-state index < -0.39 is 10.0 Å². The van der Waals surface area contributed by atoms with Crippen LogP contribution in [0.2, 0.25) is 0 Å². The second-order valence-corrected chi connectivity index (χ2v) is 8.79. The number of hydrogen-bond donors (Lipinski definition) is 0. The van der Waals surface area contributed by atoms with E-state index in [0.717, 1.165) is 11.1 Å². The van der Waals surface area contributed by atoms with Crippen LogP contribution >= 0.6 is 0 Å². The predicted molar refractivity (Wildman–Crippen MR) is 107 cm³/mol. The smallest absolute Gasteiger partial charge is 0.246 e. The number of aryl methyl sites for hydroxylation is 2. The molecule has 0 aromatic heterocycles. The number of piperazine rings is 1. The number of sulfonamides is 1. The lowest BCUT2D eigenvalue weighted by molar-refractivity contribution is -0.127. The molecule has 0 atom stereocenters. The van der Waals surface area contributed by atoms with Crippen LogP contribution in [0.3, 0.4) is 0 Å². The van der Waals surface area contributed by atoms with Gasteiger partial charge < -0.3 is 4.90 Å². The zero-order valence-electron chi connectivity index (χ0n) is 15.9. The molecule has 1 aliphatic rings. The fourth-order valence-corrected chi connectivity index (χ4v) is 4.89. The number of carbonyl (C=O) groups is 1. The highest BCUT2D eigenvalue weighted by atomic mass is 32.2. The van der Waals surface area contributed by atoms with Gasteiger partial charge in [0, 0.05) is 32.3 Å². The Kier molecular flexibility index (Phi) is 5.96. The molecule has 5 nitrogen and oxygen atoms in total. The van der Waals surface area contributed by atoms with Gasteiger partial charge in [0.25, 0.3) is 0 Å². The van der Waals surface area contributed by atoms with Gasteiger partial charge in [-0.25, -0.2) is 12.8 Å². The molecular formula is C21H23FN2O3S. The van der Waals surface area contributed by atoms with E-state index in [4.69, 9.17) is 0 Å². The first kappa shape index (κ1) is 20.2. The number of benzene rings is 2. The molecule has 7 heteroatoms. The minimum absolute atomic E-state index is 0.215. The van der Waals surface area contributed by atoms with Crippen molar-refractivity contribution in [2.24, 2.45) is 0 Å². The Morgan fingerprint density at radius 1 is 1.04 bits per heavy atom. The average Bonchev–Trinajstić information content (AvgIpc) is 2.66. The van der Waals surface area contributed by atoms with Crippen molar-refractivity contribution in [3.63, 3.8) is 0 Å². The zero-order valence-corrected chi connectivity index (χ0v) is 16.7. The zero-order chi connectivity index (χ0) is 20.3. The van der Waals surface area contributed by atoms with Gasteiger partial charge in [0.1, 0.15) is 5.82 Å². The van der Waals surface area contributed by atoms with Gasteiger partial charge in [-0.2, -0.15) is 4.31 Å². The van der Waals surface area contributed by atoms with E-state index in [9.17, 15) is 17.6 Å². The normalized spacial score (nSPS) is 15.9. The Balaban J connectivity index is 1.64. The van der Waals surface area contributed by atoms with Crippen LogP contribution < -0.4 is 0 Å². The lowest BCUT2D eigenvalue weighted by Gasteiger charge is -2.33. The minimum Gasteiger partial charge on any atom is -0.337 e. The van der Waals surface area contributed by atoms with Gasteiger partial charge in [-0.05, 0) is 49.2 Å². The van der Waals surface area contributed by atoms with Crippen molar-refractivity contribution in [2.75, 3.05) is 26.2 Å². The highest BCUT2D eigenvalue weighted by Crippen LogP contribution is 2.22. The Morgan fingerprint density at radius 2 is 1.75 bits per heavy atom. The second kappa shape index (κ2) is 8.24. The van der Waals surface area contributed by atoms with Crippen molar-refractivity contribution in [3.8, 4) is 0 Å². The Labute approximate surface area is 165 Å². The summed E-state index contributed by atoms with van der Waals surface area (Å²) in [5.41, 5.74) is 2.33. The van der Waals surface area contributed by atoms with Crippen molar-refractivity contribution >= 4 is 22.0 Å². The first-order valence-electron chi connectivity index (χ1n) is 9.07. The van der Waals surface area contributed by atoms with Crippen LogP contribution in [0.15, 0.2) is 53.4 Å². The van der Waals surface area contributed by atoms with Crippen molar-refractivity contribution in [1.29, 1.82) is 0 Å². The molecule has 0 unspecified atom stereocenters. The van der Waals surface area contributed by atoms with Crippen LogP contribution in [0, 0.1) is 19.7 Å². The third kappa shape index (κ3) is 4.48. The largest absolute Gasteiger partial charge is 0.337 e. The summed E-state index contributed by atoms with van der Waals surface area (Å²) in [5, 5.41) is 0.